The minimum absolute atomic E-state index is 0.808. The van der Waals surface area contributed by atoms with Crippen LogP contribution < -0.4 is 0 Å². The van der Waals surface area contributed by atoms with Crippen LogP contribution in [-0.4, -0.2) is 73.6 Å². The van der Waals surface area contributed by atoms with Gasteiger partial charge in [0.2, 0.25) is 0 Å². The van der Waals surface area contributed by atoms with Gasteiger partial charge in [-0.05, 0) is 59.5 Å². The summed E-state index contributed by atoms with van der Waals surface area (Å²) in [7, 11) is 4.59. The molecule has 2 fully saturated rings. The molecular weight excluding hydrogens is 198 g/mol. The molecule has 16 heavy (non-hydrogen) atoms. The second-order valence-corrected chi connectivity index (χ2v) is 5.54. The van der Waals surface area contributed by atoms with Gasteiger partial charge in [0, 0.05) is 18.6 Å². The maximum Gasteiger partial charge on any atom is 0.0235 e. The molecule has 0 saturated carbocycles. The highest BCUT2D eigenvalue weighted by atomic mass is 15.3. The highest BCUT2D eigenvalue weighted by Gasteiger charge is 2.29. The largest absolute Gasteiger partial charge is 0.305 e. The molecule has 3 nitrogen and oxygen atoms in total. The zero-order valence-corrected chi connectivity index (χ0v) is 11.2. The lowest BCUT2D eigenvalue weighted by Crippen LogP contribution is -2.47. The van der Waals surface area contributed by atoms with E-state index in [4.69, 9.17) is 0 Å². The van der Waals surface area contributed by atoms with Crippen LogP contribution in [0.1, 0.15) is 26.2 Å². The molecule has 0 amide bonds. The standard InChI is InChI=1S/C13H27N3/c1-4-16-9-6-12(7-10-16)15(3)13-5-8-14(2)11-13/h12-13H,4-11H2,1-3H3. The molecule has 0 bridgehead atoms. The van der Waals surface area contributed by atoms with E-state index < -0.39 is 0 Å². The Morgan fingerprint density at radius 3 is 2.19 bits per heavy atom. The van der Waals surface area contributed by atoms with Gasteiger partial charge in [-0.15, -0.1) is 0 Å². The predicted octanol–water partition coefficient (Wildman–Crippen LogP) is 1.11. The van der Waals surface area contributed by atoms with Crippen LogP contribution in [0, 0.1) is 0 Å². The van der Waals surface area contributed by atoms with Crippen molar-refractivity contribution in [1.82, 2.24) is 14.7 Å². The molecule has 3 heteroatoms. The van der Waals surface area contributed by atoms with Crippen LogP contribution in [0.2, 0.25) is 0 Å². The number of hydrogen-bond donors (Lipinski definition) is 0. The molecule has 2 aliphatic heterocycles. The van der Waals surface area contributed by atoms with Crippen LogP contribution >= 0.6 is 0 Å². The van der Waals surface area contributed by atoms with Crippen molar-refractivity contribution in [2.24, 2.45) is 0 Å². The van der Waals surface area contributed by atoms with E-state index in [0.29, 0.717) is 0 Å². The third kappa shape index (κ3) is 2.76. The first-order chi connectivity index (χ1) is 7.70. The van der Waals surface area contributed by atoms with Gasteiger partial charge in [0.1, 0.15) is 0 Å². The maximum atomic E-state index is 2.66. The van der Waals surface area contributed by atoms with E-state index in [1.165, 1.54) is 52.0 Å². The monoisotopic (exact) mass is 225 g/mol. The summed E-state index contributed by atoms with van der Waals surface area (Å²) in [5.74, 6) is 0. The van der Waals surface area contributed by atoms with Gasteiger partial charge >= 0.3 is 0 Å². The molecule has 94 valence electrons. The average Bonchev–Trinajstić information content (AvgIpc) is 2.75. The molecule has 2 saturated heterocycles. The van der Waals surface area contributed by atoms with Gasteiger partial charge in [0.05, 0.1) is 0 Å². The number of hydrogen-bond acceptors (Lipinski definition) is 3. The number of likely N-dealkylation sites (N-methyl/N-ethyl adjacent to an activating group) is 2. The van der Waals surface area contributed by atoms with Crippen molar-refractivity contribution in [3.05, 3.63) is 0 Å². The summed E-state index contributed by atoms with van der Waals surface area (Å²) in [5, 5.41) is 0. The van der Waals surface area contributed by atoms with E-state index >= 15 is 0 Å². The molecule has 2 heterocycles. The topological polar surface area (TPSA) is 9.72 Å². The Hall–Kier alpha value is -0.120. The van der Waals surface area contributed by atoms with Crippen LogP contribution in [0.4, 0.5) is 0 Å². The summed E-state index contributed by atoms with van der Waals surface area (Å²) >= 11 is 0. The summed E-state index contributed by atoms with van der Waals surface area (Å²) in [6, 6.07) is 1.64. The Labute approximate surface area is 100 Å². The number of nitrogens with zero attached hydrogens (tertiary/aromatic N) is 3. The maximum absolute atomic E-state index is 2.66. The molecule has 0 N–H and O–H groups in total. The number of piperidine rings is 1. The predicted molar refractivity (Wildman–Crippen MR) is 68.8 cm³/mol. The van der Waals surface area contributed by atoms with Gasteiger partial charge in [0.15, 0.2) is 0 Å². The van der Waals surface area contributed by atoms with Crippen molar-refractivity contribution in [3.8, 4) is 0 Å². The van der Waals surface area contributed by atoms with E-state index in [9.17, 15) is 0 Å². The summed E-state index contributed by atoms with van der Waals surface area (Å²) in [4.78, 5) is 7.70. The van der Waals surface area contributed by atoms with E-state index in [1.54, 1.807) is 0 Å². The quantitative estimate of drug-likeness (QED) is 0.712. The molecule has 1 atom stereocenters. The van der Waals surface area contributed by atoms with Gasteiger partial charge < -0.3 is 9.80 Å². The second kappa shape index (κ2) is 5.48. The fraction of sp³-hybridized carbons (Fsp3) is 1.00. The fourth-order valence-corrected chi connectivity index (χ4v) is 3.19. The van der Waals surface area contributed by atoms with Crippen molar-refractivity contribution < 1.29 is 0 Å². The normalized spacial score (nSPS) is 30.4. The van der Waals surface area contributed by atoms with Crippen molar-refractivity contribution >= 4 is 0 Å². The van der Waals surface area contributed by atoms with Gasteiger partial charge in [-0.2, -0.15) is 0 Å². The minimum atomic E-state index is 0.808. The molecule has 0 spiro atoms. The Kier molecular flexibility index (Phi) is 4.22. The van der Waals surface area contributed by atoms with E-state index in [1.807, 2.05) is 0 Å². The van der Waals surface area contributed by atoms with Crippen LogP contribution in [0.3, 0.4) is 0 Å². The SMILES string of the molecule is CCN1CCC(N(C)C2CCN(C)C2)CC1. The molecule has 2 aliphatic rings. The Morgan fingerprint density at radius 2 is 1.69 bits per heavy atom. The number of likely N-dealkylation sites (tertiary alicyclic amines) is 2. The summed E-state index contributed by atoms with van der Waals surface area (Å²) in [6.45, 7) is 8.65. The first-order valence-corrected chi connectivity index (χ1v) is 6.83. The first-order valence-electron chi connectivity index (χ1n) is 6.83. The van der Waals surface area contributed by atoms with Gasteiger partial charge in [0.25, 0.3) is 0 Å². The molecule has 2 rings (SSSR count). The molecule has 0 aliphatic carbocycles. The molecule has 0 aromatic rings. The Balaban J connectivity index is 1.79. The van der Waals surface area contributed by atoms with Crippen LogP contribution in [0.5, 0.6) is 0 Å². The van der Waals surface area contributed by atoms with Crippen molar-refractivity contribution in [2.75, 3.05) is 46.8 Å². The van der Waals surface area contributed by atoms with Crippen molar-refractivity contribution in [1.29, 1.82) is 0 Å². The van der Waals surface area contributed by atoms with E-state index in [-0.39, 0.29) is 0 Å². The smallest absolute Gasteiger partial charge is 0.0235 e. The van der Waals surface area contributed by atoms with Crippen LogP contribution in [0.25, 0.3) is 0 Å². The van der Waals surface area contributed by atoms with E-state index in [0.717, 1.165) is 12.1 Å². The van der Waals surface area contributed by atoms with Gasteiger partial charge in [-0.25, -0.2) is 0 Å². The molecule has 0 aromatic carbocycles. The molecule has 1 unspecified atom stereocenters. The van der Waals surface area contributed by atoms with Crippen LogP contribution in [0.15, 0.2) is 0 Å². The van der Waals surface area contributed by atoms with Crippen LogP contribution in [-0.2, 0) is 0 Å². The number of rotatable bonds is 3. The molecule has 0 aromatic heterocycles. The third-order valence-corrected chi connectivity index (χ3v) is 4.52. The fourth-order valence-electron chi connectivity index (χ4n) is 3.19. The second-order valence-electron chi connectivity index (χ2n) is 5.54. The lowest BCUT2D eigenvalue weighted by atomic mass is 10.0. The minimum Gasteiger partial charge on any atom is -0.305 e. The van der Waals surface area contributed by atoms with Gasteiger partial charge in [-0.1, -0.05) is 6.92 Å². The molecular formula is C13H27N3. The first kappa shape index (κ1) is 12.3. The Bertz CT molecular complexity index is 211. The van der Waals surface area contributed by atoms with Gasteiger partial charge in [-0.3, -0.25) is 4.90 Å². The zero-order valence-electron chi connectivity index (χ0n) is 11.2. The highest BCUT2D eigenvalue weighted by molar-refractivity contribution is 4.86. The summed E-state index contributed by atoms with van der Waals surface area (Å²) in [6.07, 6.45) is 4.09. The summed E-state index contributed by atoms with van der Waals surface area (Å²) < 4.78 is 0. The van der Waals surface area contributed by atoms with E-state index in [2.05, 4.69) is 35.7 Å². The molecule has 0 radical (unpaired) electrons. The third-order valence-electron chi connectivity index (χ3n) is 4.52. The highest BCUT2D eigenvalue weighted by Crippen LogP contribution is 2.21. The average molecular weight is 225 g/mol. The van der Waals surface area contributed by atoms with Crippen molar-refractivity contribution in [3.63, 3.8) is 0 Å². The Morgan fingerprint density at radius 1 is 1.06 bits per heavy atom. The van der Waals surface area contributed by atoms with Crippen molar-refractivity contribution in [2.45, 2.75) is 38.3 Å². The lowest BCUT2D eigenvalue weighted by molar-refractivity contribution is 0.101. The lowest BCUT2D eigenvalue weighted by Gasteiger charge is -2.39. The summed E-state index contributed by atoms with van der Waals surface area (Å²) in [5.41, 5.74) is 0. The zero-order chi connectivity index (χ0) is 11.5.